The van der Waals surface area contributed by atoms with E-state index in [0.717, 1.165) is 28.8 Å². The molecule has 0 radical (unpaired) electrons. The van der Waals surface area contributed by atoms with E-state index in [0.29, 0.717) is 5.56 Å². The zero-order valence-electron chi connectivity index (χ0n) is 18.5. The van der Waals surface area contributed by atoms with Crippen LogP contribution in [0.15, 0.2) is 42.5 Å². The number of benzene rings is 2. The fourth-order valence-electron chi connectivity index (χ4n) is 3.22. The zero-order chi connectivity index (χ0) is 24.8. The van der Waals surface area contributed by atoms with Gasteiger partial charge in [-0.05, 0) is 43.2 Å². The highest BCUT2D eigenvalue weighted by atomic mass is 32.2. The monoisotopic (exact) mass is 485 g/mol. The molecule has 11 heteroatoms. The number of carbonyl (C=O) groups excluding carboxylic acids is 2. The number of hydrogen-bond donors (Lipinski definition) is 1. The molecule has 0 unspecified atom stereocenters. The van der Waals surface area contributed by atoms with E-state index in [2.05, 4.69) is 5.32 Å². The number of carbonyl (C=O) groups is 2. The average molecular weight is 486 g/mol. The SMILES string of the molecule is CNC(=O)[C@H](C)N(Cc1ccc(F)cc1)C(=O)CCCN(c1ccc(F)c(F)c1)S(C)(=O)=O. The predicted octanol–water partition coefficient (Wildman–Crippen LogP) is 2.81. The smallest absolute Gasteiger partial charge is 0.242 e. The molecule has 0 spiro atoms. The van der Waals surface area contributed by atoms with Gasteiger partial charge in [-0.2, -0.15) is 0 Å². The second kappa shape index (κ2) is 11.2. The molecule has 2 aromatic carbocycles. The summed E-state index contributed by atoms with van der Waals surface area (Å²) < 4.78 is 65.3. The minimum atomic E-state index is -3.83. The Morgan fingerprint density at radius 3 is 2.21 bits per heavy atom. The number of sulfonamides is 1. The normalized spacial score (nSPS) is 12.2. The van der Waals surface area contributed by atoms with E-state index in [9.17, 15) is 31.2 Å². The largest absolute Gasteiger partial charge is 0.357 e. The topological polar surface area (TPSA) is 86.8 Å². The molecule has 0 aliphatic carbocycles. The van der Waals surface area contributed by atoms with Crippen LogP contribution in [0.25, 0.3) is 0 Å². The molecular weight excluding hydrogens is 459 g/mol. The lowest BCUT2D eigenvalue weighted by Gasteiger charge is -2.29. The lowest BCUT2D eigenvalue weighted by Crippen LogP contribution is -2.46. The van der Waals surface area contributed by atoms with Crippen molar-refractivity contribution in [3.63, 3.8) is 0 Å². The molecule has 180 valence electrons. The highest BCUT2D eigenvalue weighted by Crippen LogP contribution is 2.21. The molecule has 33 heavy (non-hydrogen) atoms. The van der Waals surface area contributed by atoms with Gasteiger partial charge in [0.2, 0.25) is 21.8 Å². The van der Waals surface area contributed by atoms with Crippen LogP contribution >= 0.6 is 0 Å². The van der Waals surface area contributed by atoms with Crippen LogP contribution in [0.1, 0.15) is 25.3 Å². The predicted molar refractivity (Wildman–Crippen MR) is 118 cm³/mol. The lowest BCUT2D eigenvalue weighted by atomic mass is 10.1. The standard InChI is InChI=1S/C22H26F3N3O4S/c1-15(22(30)26-2)27(14-16-6-8-17(23)9-7-16)21(29)5-4-12-28(33(3,31)32)18-10-11-19(24)20(25)13-18/h6-11,13,15H,4-5,12,14H2,1-3H3,(H,26,30)/t15-/m0/s1. The van der Waals surface area contributed by atoms with Gasteiger partial charge in [-0.25, -0.2) is 21.6 Å². The Kier molecular flexibility index (Phi) is 8.86. The van der Waals surface area contributed by atoms with E-state index >= 15 is 0 Å². The molecular formula is C22H26F3N3O4S. The van der Waals surface area contributed by atoms with Gasteiger partial charge in [0.1, 0.15) is 11.9 Å². The van der Waals surface area contributed by atoms with Crippen LogP contribution in [0.5, 0.6) is 0 Å². The maximum atomic E-state index is 13.6. The van der Waals surface area contributed by atoms with Crippen molar-refractivity contribution < 1.29 is 31.2 Å². The van der Waals surface area contributed by atoms with Crippen LogP contribution in [0.4, 0.5) is 18.9 Å². The minimum Gasteiger partial charge on any atom is -0.357 e. The number of hydrogen-bond acceptors (Lipinski definition) is 4. The maximum Gasteiger partial charge on any atom is 0.242 e. The number of rotatable bonds is 10. The van der Waals surface area contributed by atoms with E-state index in [-0.39, 0.29) is 31.6 Å². The summed E-state index contributed by atoms with van der Waals surface area (Å²) in [5, 5.41) is 2.47. The van der Waals surface area contributed by atoms with Crippen LogP contribution in [-0.2, 0) is 26.2 Å². The van der Waals surface area contributed by atoms with Gasteiger partial charge in [-0.15, -0.1) is 0 Å². The Labute approximate surface area is 191 Å². The zero-order valence-corrected chi connectivity index (χ0v) is 19.3. The van der Waals surface area contributed by atoms with Gasteiger partial charge >= 0.3 is 0 Å². The minimum absolute atomic E-state index is 0.0483. The molecule has 1 N–H and O–H groups in total. The molecule has 0 fully saturated rings. The van der Waals surface area contributed by atoms with Crippen LogP contribution < -0.4 is 9.62 Å². The summed E-state index contributed by atoms with van der Waals surface area (Å²) in [4.78, 5) is 26.4. The van der Waals surface area contributed by atoms with Gasteiger partial charge < -0.3 is 10.2 Å². The second-order valence-corrected chi connectivity index (χ2v) is 9.38. The molecule has 0 saturated heterocycles. The molecule has 2 rings (SSSR count). The summed E-state index contributed by atoms with van der Waals surface area (Å²) in [6, 6.07) is 7.39. The maximum absolute atomic E-state index is 13.6. The third-order valence-electron chi connectivity index (χ3n) is 5.02. The van der Waals surface area contributed by atoms with E-state index in [4.69, 9.17) is 0 Å². The van der Waals surface area contributed by atoms with E-state index in [1.54, 1.807) is 6.92 Å². The first kappa shape index (κ1) is 26.2. The van der Waals surface area contributed by atoms with Crippen molar-refractivity contribution in [2.75, 3.05) is 24.2 Å². The summed E-state index contributed by atoms with van der Waals surface area (Å²) in [5.74, 6) is -3.56. The van der Waals surface area contributed by atoms with Gasteiger partial charge in [0.15, 0.2) is 11.6 Å². The number of halogens is 3. The average Bonchev–Trinajstić information content (AvgIpc) is 2.76. The van der Waals surface area contributed by atoms with Crippen molar-refractivity contribution in [3.05, 3.63) is 65.5 Å². The van der Waals surface area contributed by atoms with Gasteiger partial charge in [-0.3, -0.25) is 13.9 Å². The van der Waals surface area contributed by atoms with Crippen molar-refractivity contribution in [3.8, 4) is 0 Å². The molecule has 0 heterocycles. The third-order valence-corrected chi connectivity index (χ3v) is 6.22. The Bertz CT molecular complexity index is 1090. The quantitative estimate of drug-likeness (QED) is 0.561. The van der Waals surface area contributed by atoms with Crippen LogP contribution in [0, 0.1) is 17.5 Å². The van der Waals surface area contributed by atoms with E-state index < -0.39 is 45.3 Å². The van der Waals surface area contributed by atoms with Crippen molar-refractivity contribution in [2.45, 2.75) is 32.4 Å². The van der Waals surface area contributed by atoms with Crippen LogP contribution in [-0.4, -0.2) is 51.0 Å². The first-order valence-electron chi connectivity index (χ1n) is 10.1. The number of nitrogens with zero attached hydrogens (tertiary/aromatic N) is 2. The van der Waals surface area contributed by atoms with Gasteiger partial charge in [-0.1, -0.05) is 12.1 Å². The van der Waals surface area contributed by atoms with E-state index in [1.807, 2.05) is 0 Å². The highest BCUT2D eigenvalue weighted by Gasteiger charge is 2.26. The lowest BCUT2D eigenvalue weighted by molar-refractivity contribution is -0.140. The summed E-state index contributed by atoms with van der Waals surface area (Å²) >= 11 is 0. The van der Waals surface area contributed by atoms with Crippen molar-refractivity contribution in [1.82, 2.24) is 10.2 Å². The fraction of sp³-hybridized carbons (Fsp3) is 0.364. The summed E-state index contributed by atoms with van der Waals surface area (Å²) in [7, 11) is -2.40. The van der Waals surface area contributed by atoms with Crippen LogP contribution in [0.3, 0.4) is 0 Å². The fourth-order valence-corrected chi connectivity index (χ4v) is 4.18. The molecule has 0 aliphatic rings. The van der Waals surface area contributed by atoms with Crippen LogP contribution in [0.2, 0.25) is 0 Å². The molecule has 2 aromatic rings. The molecule has 0 aromatic heterocycles. The first-order chi connectivity index (χ1) is 15.4. The molecule has 7 nitrogen and oxygen atoms in total. The second-order valence-electron chi connectivity index (χ2n) is 7.48. The van der Waals surface area contributed by atoms with Crippen molar-refractivity contribution >= 4 is 27.5 Å². The summed E-state index contributed by atoms with van der Waals surface area (Å²) in [6.07, 6.45) is 0.869. The number of amides is 2. The Morgan fingerprint density at radius 2 is 1.67 bits per heavy atom. The Balaban J connectivity index is 2.15. The summed E-state index contributed by atoms with van der Waals surface area (Å²) in [6.45, 7) is 1.44. The first-order valence-corrected chi connectivity index (χ1v) is 12.0. The Morgan fingerprint density at radius 1 is 1.03 bits per heavy atom. The van der Waals surface area contributed by atoms with E-state index in [1.165, 1.54) is 36.2 Å². The molecule has 1 atom stereocenters. The third kappa shape index (κ3) is 7.21. The number of anilines is 1. The summed E-state index contributed by atoms with van der Waals surface area (Å²) in [5.41, 5.74) is 0.547. The molecule has 0 aliphatic heterocycles. The van der Waals surface area contributed by atoms with Crippen molar-refractivity contribution in [2.24, 2.45) is 0 Å². The van der Waals surface area contributed by atoms with Gasteiger partial charge in [0.25, 0.3) is 0 Å². The number of likely N-dealkylation sites (N-methyl/N-ethyl adjacent to an activating group) is 1. The van der Waals surface area contributed by atoms with Crippen molar-refractivity contribution in [1.29, 1.82) is 0 Å². The number of nitrogens with one attached hydrogen (secondary N) is 1. The molecule has 0 saturated carbocycles. The van der Waals surface area contributed by atoms with Gasteiger partial charge in [0, 0.05) is 32.6 Å². The highest BCUT2D eigenvalue weighted by molar-refractivity contribution is 7.92. The Hall–Kier alpha value is -3.08. The molecule has 0 bridgehead atoms. The molecule has 2 amide bonds. The van der Waals surface area contributed by atoms with Gasteiger partial charge in [0.05, 0.1) is 11.9 Å².